The van der Waals surface area contributed by atoms with Crippen molar-refractivity contribution in [3.05, 3.63) is 48.0 Å². The van der Waals surface area contributed by atoms with Crippen LogP contribution in [0, 0.1) is 6.92 Å². The third-order valence-corrected chi connectivity index (χ3v) is 4.27. The molecule has 0 aliphatic carbocycles. The predicted octanol–water partition coefficient (Wildman–Crippen LogP) is 4.13. The van der Waals surface area contributed by atoms with Gasteiger partial charge in [-0.05, 0) is 19.1 Å². The minimum atomic E-state index is -0.0279. The normalized spacial score (nSPS) is 10.2. The van der Waals surface area contributed by atoms with Gasteiger partial charge >= 0.3 is 0 Å². The molecule has 0 saturated carbocycles. The lowest BCUT2D eigenvalue weighted by atomic mass is 10.2. The molecule has 122 valence electrons. The molecular weight excluding hydrogens is 310 g/mol. The number of rotatable bonds is 7. The van der Waals surface area contributed by atoms with Gasteiger partial charge in [-0.15, -0.1) is 11.8 Å². The van der Waals surface area contributed by atoms with Crippen LogP contribution in [0.2, 0.25) is 0 Å². The molecule has 0 fully saturated rings. The van der Waals surface area contributed by atoms with Gasteiger partial charge in [-0.3, -0.25) is 4.79 Å². The van der Waals surface area contributed by atoms with Crippen molar-refractivity contribution < 1.29 is 14.3 Å². The maximum absolute atomic E-state index is 12.0. The van der Waals surface area contributed by atoms with E-state index in [1.807, 2.05) is 0 Å². The van der Waals surface area contributed by atoms with Gasteiger partial charge in [0.15, 0.2) is 0 Å². The topological polar surface area (TPSA) is 47.6 Å². The van der Waals surface area contributed by atoms with Gasteiger partial charge in [0.05, 0.1) is 14.2 Å². The van der Waals surface area contributed by atoms with Crippen molar-refractivity contribution in [2.24, 2.45) is 0 Å². The fraction of sp³-hybridized carbons (Fsp3) is 0.278. The summed E-state index contributed by atoms with van der Waals surface area (Å²) in [4.78, 5) is 13.2. The number of nitrogens with one attached hydrogen (secondary N) is 1. The number of benzene rings is 2. The fourth-order valence-corrected chi connectivity index (χ4v) is 2.85. The number of amides is 1. The van der Waals surface area contributed by atoms with Crippen LogP contribution in [0.5, 0.6) is 11.5 Å². The summed E-state index contributed by atoms with van der Waals surface area (Å²) in [5.41, 5.74) is 1.91. The maximum Gasteiger partial charge on any atom is 0.225 e. The molecule has 2 aromatic rings. The summed E-state index contributed by atoms with van der Waals surface area (Å²) >= 11 is 1.67. The van der Waals surface area contributed by atoms with E-state index in [2.05, 4.69) is 36.5 Å². The Kier molecular flexibility index (Phi) is 6.35. The molecule has 23 heavy (non-hydrogen) atoms. The first-order chi connectivity index (χ1) is 11.1. The van der Waals surface area contributed by atoms with E-state index in [0.29, 0.717) is 23.6 Å². The molecule has 2 aromatic carbocycles. The van der Waals surface area contributed by atoms with Crippen molar-refractivity contribution in [2.75, 3.05) is 25.3 Å². The van der Waals surface area contributed by atoms with Crippen LogP contribution in [0.3, 0.4) is 0 Å². The number of aryl methyl sites for hydroxylation is 1. The third kappa shape index (κ3) is 5.53. The Bertz CT molecular complexity index is 634. The number of hydrogen-bond acceptors (Lipinski definition) is 4. The third-order valence-electron chi connectivity index (χ3n) is 3.25. The number of ether oxygens (including phenoxy) is 2. The number of carbonyl (C=O) groups excluding carboxylic acids is 1. The summed E-state index contributed by atoms with van der Waals surface area (Å²) < 4.78 is 10.4. The van der Waals surface area contributed by atoms with E-state index in [-0.39, 0.29) is 5.91 Å². The Morgan fingerprint density at radius 3 is 2.22 bits per heavy atom. The summed E-state index contributed by atoms with van der Waals surface area (Å²) in [5.74, 6) is 2.00. The van der Waals surface area contributed by atoms with E-state index >= 15 is 0 Å². The Morgan fingerprint density at radius 2 is 1.65 bits per heavy atom. The molecule has 0 unspecified atom stereocenters. The highest BCUT2D eigenvalue weighted by Gasteiger charge is 2.06. The standard InChI is InChI=1S/C18H21NO3S/c1-13-4-6-17(7-5-13)23-9-8-18(20)19-14-10-15(21-2)12-16(11-14)22-3/h4-7,10-12H,8-9H2,1-3H3,(H,19,20). The van der Waals surface area contributed by atoms with E-state index in [9.17, 15) is 4.79 Å². The highest BCUT2D eigenvalue weighted by molar-refractivity contribution is 7.99. The summed E-state index contributed by atoms with van der Waals surface area (Å²) in [7, 11) is 3.16. The highest BCUT2D eigenvalue weighted by Crippen LogP contribution is 2.26. The largest absolute Gasteiger partial charge is 0.497 e. The van der Waals surface area contributed by atoms with Crippen molar-refractivity contribution in [2.45, 2.75) is 18.2 Å². The van der Waals surface area contributed by atoms with Crippen LogP contribution >= 0.6 is 11.8 Å². The molecule has 0 spiro atoms. The molecule has 0 saturated heterocycles. The van der Waals surface area contributed by atoms with Crippen LogP contribution in [-0.4, -0.2) is 25.9 Å². The van der Waals surface area contributed by atoms with Gasteiger partial charge in [0.1, 0.15) is 11.5 Å². The van der Waals surface area contributed by atoms with E-state index in [1.54, 1.807) is 44.2 Å². The Hall–Kier alpha value is -2.14. The van der Waals surface area contributed by atoms with Gasteiger partial charge in [0.2, 0.25) is 5.91 Å². The fourth-order valence-electron chi connectivity index (χ4n) is 2.00. The van der Waals surface area contributed by atoms with E-state index < -0.39 is 0 Å². The van der Waals surface area contributed by atoms with E-state index in [0.717, 1.165) is 5.75 Å². The quantitative estimate of drug-likeness (QED) is 0.775. The summed E-state index contributed by atoms with van der Waals surface area (Å²) in [6.07, 6.45) is 0.443. The van der Waals surface area contributed by atoms with Crippen molar-refractivity contribution >= 4 is 23.4 Å². The number of hydrogen-bond donors (Lipinski definition) is 1. The van der Waals surface area contributed by atoms with Crippen molar-refractivity contribution in [1.29, 1.82) is 0 Å². The highest BCUT2D eigenvalue weighted by atomic mass is 32.2. The van der Waals surface area contributed by atoms with Crippen molar-refractivity contribution in [3.63, 3.8) is 0 Å². The van der Waals surface area contributed by atoms with Gasteiger partial charge in [-0.25, -0.2) is 0 Å². The molecule has 0 heterocycles. The molecular formula is C18H21NO3S. The number of thioether (sulfide) groups is 1. The molecule has 2 rings (SSSR count). The summed E-state index contributed by atoms with van der Waals surface area (Å²) in [5, 5.41) is 2.87. The van der Waals surface area contributed by atoms with Crippen LogP contribution in [0.4, 0.5) is 5.69 Å². The molecule has 0 aliphatic rings. The van der Waals surface area contributed by atoms with Crippen molar-refractivity contribution in [3.8, 4) is 11.5 Å². The zero-order chi connectivity index (χ0) is 16.7. The van der Waals surface area contributed by atoms with Crippen LogP contribution in [-0.2, 0) is 4.79 Å². The van der Waals surface area contributed by atoms with E-state index in [1.165, 1.54) is 10.5 Å². The van der Waals surface area contributed by atoms with Crippen LogP contribution < -0.4 is 14.8 Å². The van der Waals surface area contributed by atoms with Gasteiger partial charge < -0.3 is 14.8 Å². The first-order valence-corrected chi connectivity index (χ1v) is 8.31. The second-order valence-electron chi connectivity index (χ2n) is 5.06. The first-order valence-electron chi connectivity index (χ1n) is 7.33. The second-order valence-corrected chi connectivity index (χ2v) is 6.23. The first kappa shape index (κ1) is 17.2. The molecule has 1 N–H and O–H groups in total. The second kappa shape index (κ2) is 8.48. The number of carbonyl (C=O) groups is 1. The lowest BCUT2D eigenvalue weighted by Gasteiger charge is -2.10. The molecule has 4 nitrogen and oxygen atoms in total. The monoisotopic (exact) mass is 331 g/mol. The van der Waals surface area contributed by atoms with Gasteiger partial charge in [-0.2, -0.15) is 0 Å². The SMILES string of the molecule is COc1cc(NC(=O)CCSc2ccc(C)cc2)cc(OC)c1. The van der Waals surface area contributed by atoms with Crippen LogP contribution in [0.15, 0.2) is 47.4 Å². The lowest BCUT2D eigenvalue weighted by molar-refractivity contribution is -0.115. The zero-order valence-corrected chi connectivity index (χ0v) is 14.4. The molecule has 0 radical (unpaired) electrons. The average Bonchev–Trinajstić information content (AvgIpc) is 2.56. The van der Waals surface area contributed by atoms with Crippen molar-refractivity contribution in [1.82, 2.24) is 0 Å². The molecule has 0 aromatic heterocycles. The minimum absolute atomic E-state index is 0.0279. The van der Waals surface area contributed by atoms with Gasteiger partial charge in [0, 0.05) is 41.0 Å². The minimum Gasteiger partial charge on any atom is -0.497 e. The summed E-state index contributed by atoms with van der Waals surface area (Å²) in [6, 6.07) is 13.6. The smallest absolute Gasteiger partial charge is 0.225 e. The molecule has 0 aliphatic heterocycles. The van der Waals surface area contributed by atoms with Gasteiger partial charge in [-0.1, -0.05) is 17.7 Å². The maximum atomic E-state index is 12.0. The average molecular weight is 331 g/mol. The van der Waals surface area contributed by atoms with E-state index in [4.69, 9.17) is 9.47 Å². The number of anilines is 1. The Balaban J connectivity index is 1.85. The molecule has 0 bridgehead atoms. The molecule has 0 atom stereocenters. The Labute approximate surface area is 141 Å². The molecule has 5 heteroatoms. The zero-order valence-electron chi connectivity index (χ0n) is 13.6. The Morgan fingerprint density at radius 1 is 1.04 bits per heavy atom. The molecule has 1 amide bonds. The lowest BCUT2D eigenvalue weighted by Crippen LogP contribution is -2.12. The van der Waals surface area contributed by atoms with Gasteiger partial charge in [0.25, 0.3) is 0 Å². The summed E-state index contributed by atoms with van der Waals surface area (Å²) in [6.45, 7) is 2.06. The van der Waals surface area contributed by atoms with Crippen LogP contribution in [0.25, 0.3) is 0 Å². The predicted molar refractivity (Wildman–Crippen MR) is 94.7 cm³/mol. The van der Waals surface area contributed by atoms with Crippen LogP contribution in [0.1, 0.15) is 12.0 Å². The number of methoxy groups -OCH3 is 2.